The van der Waals surface area contributed by atoms with Crippen LogP contribution < -0.4 is 10.1 Å². The van der Waals surface area contributed by atoms with Crippen LogP contribution in [0.2, 0.25) is 0 Å². The van der Waals surface area contributed by atoms with Gasteiger partial charge in [-0.1, -0.05) is 62.6 Å². The molecule has 2 heterocycles. The molecule has 1 saturated carbocycles. The first-order valence-corrected chi connectivity index (χ1v) is 18.9. The minimum absolute atomic E-state index is 0.000892. The molecule has 6 rings (SSSR count). The van der Waals surface area contributed by atoms with Gasteiger partial charge in [-0.25, -0.2) is 19.9 Å². The maximum atomic E-state index is 13.6. The molecule has 1 unspecified atom stereocenters. The van der Waals surface area contributed by atoms with Crippen molar-refractivity contribution in [1.82, 2.24) is 24.8 Å². The van der Waals surface area contributed by atoms with Crippen molar-refractivity contribution in [2.24, 2.45) is 17.8 Å². The number of hydrogen-bond donors (Lipinski definition) is 2. The quantitative estimate of drug-likeness (QED) is 0.137. The molecule has 0 spiro atoms. The van der Waals surface area contributed by atoms with Gasteiger partial charge >= 0.3 is 12.1 Å². The lowest BCUT2D eigenvalue weighted by atomic mass is 9.71. The number of ether oxygens (including phenoxy) is 1. The number of allylic oxidation sites excluding steroid dienone is 2. The van der Waals surface area contributed by atoms with E-state index in [2.05, 4.69) is 38.3 Å². The van der Waals surface area contributed by atoms with Crippen molar-refractivity contribution in [1.29, 1.82) is 0 Å². The normalized spacial score (nSPS) is 18.4. The van der Waals surface area contributed by atoms with Crippen LogP contribution in [0.25, 0.3) is 17.0 Å². The highest BCUT2D eigenvalue weighted by Gasteiger charge is 2.34. The van der Waals surface area contributed by atoms with Gasteiger partial charge in [0.25, 0.3) is 5.91 Å². The van der Waals surface area contributed by atoms with Crippen molar-refractivity contribution >= 4 is 29.0 Å². The van der Waals surface area contributed by atoms with Gasteiger partial charge in [0.1, 0.15) is 12.3 Å². The minimum atomic E-state index is -4.70. The first-order chi connectivity index (χ1) is 26.9. The van der Waals surface area contributed by atoms with Gasteiger partial charge in [0.15, 0.2) is 5.82 Å². The predicted molar refractivity (Wildman–Crippen MR) is 203 cm³/mol. The van der Waals surface area contributed by atoms with E-state index in [9.17, 15) is 32.7 Å². The van der Waals surface area contributed by atoms with Crippen molar-refractivity contribution in [2.75, 3.05) is 19.0 Å². The molecule has 2 amide bonds. The summed E-state index contributed by atoms with van der Waals surface area (Å²) in [5.41, 5.74) is 2.51. The highest BCUT2D eigenvalue weighted by Crippen LogP contribution is 2.42. The number of carbonyl (C=O) groups is 3. The minimum Gasteiger partial charge on any atom is -0.497 e. The Balaban J connectivity index is 1.04. The largest absolute Gasteiger partial charge is 0.497 e. The summed E-state index contributed by atoms with van der Waals surface area (Å²) in [6.07, 6.45) is 13.2. The fraction of sp³-hybridized carbons (Fsp3) is 0.405. The molecule has 11 nitrogen and oxygen atoms in total. The van der Waals surface area contributed by atoms with Crippen molar-refractivity contribution in [3.8, 4) is 17.1 Å². The number of anilines is 1. The van der Waals surface area contributed by atoms with Gasteiger partial charge < -0.3 is 20.1 Å². The predicted octanol–water partition coefficient (Wildman–Crippen LogP) is 8.27. The number of aliphatic carboxylic acids is 1. The van der Waals surface area contributed by atoms with Gasteiger partial charge in [-0.3, -0.25) is 14.4 Å². The number of methoxy groups -OCH3 is 1. The number of amides is 2. The number of benzene rings is 2. The molecule has 2 aliphatic carbocycles. The molecule has 0 saturated heterocycles. The molecule has 0 aliphatic heterocycles. The Bertz CT molecular complexity index is 2030. The molecular weight excluding hydrogens is 725 g/mol. The number of nitrogens with zero attached hydrogens (tertiary/aromatic N) is 5. The molecule has 0 bridgehead atoms. The van der Waals surface area contributed by atoms with E-state index in [0.717, 1.165) is 71.1 Å². The van der Waals surface area contributed by atoms with Crippen LogP contribution in [0.1, 0.15) is 91.2 Å². The lowest BCUT2D eigenvalue weighted by Gasteiger charge is -2.35. The third-order valence-corrected chi connectivity index (χ3v) is 10.9. The summed E-state index contributed by atoms with van der Waals surface area (Å²) in [6.45, 7) is 1.61. The van der Waals surface area contributed by atoms with E-state index >= 15 is 0 Å². The summed E-state index contributed by atoms with van der Waals surface area (Å²) in [5.74, 6) is -0.0433. The highest BCUT2D eigenvalue weighted by molar-refractivity contribution is 5.94. The van der Waals surface area contributed by atoms with E-state index in [0.29, 0.717) is 11.4 Å². The van der Waals surface area contributed by atoms with Crippen LogP contribution in [0.5, 0.6) is 5.75 Å². The summed E-state index contributed by atoms with van der Waals surface area (Å²) in [4.78, 5) is 55.9. The maximum Gasteiger partial charge on any atom is 0.416 e. The monoisotopic (exact) mass is 770 g/mol. The van der Waals surface area contributed by atoms with Crippen LogP contribution in [0.3, 0.4) is 0 Å². The molecule has 4 aromatic rings. The Morgan fingerprint density at radius 2 is 1.59 bits per heavy atom. The van der Waals surface area contributed by atoms with Crippen LogP contribution in [0.4, 0.5) is 18.9 Å². The van der Waals surface area contributed by atoms with Crippen LogP contribution in [0.15, 0.2) is 73.3 Å². The van der Waals surface area contributed by atoms with Gasteiger partial charge in [0.2, 0.25) is 11.7 Å². The zero-order valence-corrected chi connectivity index (χ0v) is 31.4. The molecule has 2 N–H and O–H groups in total. The van der Waals surface area contributed by atoms with E-state index < -0.39 is 42.5 Å². The molecule has 56 heavy (non-hydrogen) atoms. The Morgan fingerprint density at radius 3 is 2.18 bits per heavy atom. The topological polar surface area (TPSA) is 148 Å². The van der Waals surface area contributed by atoms with Crippen LogP contribution in [-0.4, -0.2) is 61.4 Å². The summed E-state index contributed by atoms with van der Waals surface area (Å²) < 4.78 is 45.6. The fourth-order valence-corrected chi connectivity index (χ4v) is 7.72. The SMILES string of the molecule is CCC1CCC(C2CC=C(c3cnc(-c4ccc(CN(CC(=O)O)C(=O)c5ncc(NC(=O)Cc6ccc(OC)cc6C(F)(F)F)cn5)cc4)nc3)CC2)CC1. The lowest BCUT2D eigenvalue weighted by Crippen LogP contribution is -2.36. The maximum absolute atomic E-state index is 13.6. The third kappa shape index (κ3) is 10.1. The van der Waals surface area contributed by atoms with Gasteiger partial charge in [-0.2, -0.15) is 13.2 Å². The van der Waals surface area contributed by atoms with Crippen LogP contribution in [0, 0.1) is 17.8 Å². The zero-order valence-electron chi connectivity index (χ0n) is 31.4. The van der Waals surface area contributed by atoms with E-state index in [-0.39, 0.29) is 29.4 Å². The number of alkyl halides is 3. The molecule has 2 aromatic carbocycles. The molecular formula is C42H45F3N6O5. The summed E-state index contributed by atoms with van der Waals surface area (Å²) in [6, 6.07) is 10.4. The molecule has 1 atom stereocenters. The van der Waals surface area contributed by atoms with Crippen molar-refractivity contribution in [3.63, 3.8) is 0 Å². The second-order valence-electron chi connectivity index (χ2n) is 14.5. The van der Waals surface area contributed by atoms with Crippen molar-refractivity contribution in [2.45, 2.75) is 77.4 Å². The number of rotatable bonds is 13. The van der Waals surface area contributed by atoms with E-state index in [4.69, 9.17) is 4.74 Å². The Labute approximate surface area is 323 Å². The second-order valence-corrected chi connectivity index (χ2v) is 14.5. The van der Waals surface area contributed by atoms with Gasteiger partial charge in [0.05, 0.1) is 37.2 Å². The second kappa shape index (κ2) is 17.9. The summed E-state index contributed by atoms with van der Waals surface area (Å²) in [7, 11) is 1.24. The van der Waals surface area contributed by atoms with Crippen LogP contribution in [-0.2, 0) is 28.7 Å². The Kier molecular flexibility index (Phi) is 12.8. The number of hydrogen-bond acceptors (Lipinski definition) is 8. The molecule has 0 radical (unpaired) electrons. The number of carboxylic acid groups (broad SMARTS) is 1. The first kappa shape index (κ1) is 40.0. The van der Waals surface area contributed by atoms with E-state index in [1.165, 1.54) is 57.3 Å². The third-order valence-electron chi connectivity index (χ3n) is 10.9. The van der Waals surface area contributed by atoms with E-state index in [1.54, 1.807) is 12.1 Å². The molecule has 2 aliphatic rings. The smallest absolute Gasteiger partial charge is 0.416 e. The summed E-state index contributed by atoms with van der Waals surface area (Å²) >= 11 is 0. The summed E-state index contributed by atoms with van der Waals surface area (Å²) in [5, 5.41) is 12.0. The number of halogens is 3. The Hall–Kier alpha value is -5.66. The number of aromatic nitrogens is 4. The Morgan fingerprint density at radius 1 is 0.893 bits per heavy atom. The molecule has 1 fully saturated rings. The first-order valence-electron chi connectivity index (χ1n) is 18.9. The fourth-order valence-electron chi connectivity index (χ4n) is 7.72. The van der Waals surface area contributed by atoms with Gasteiger partial charge in [0, 0.05) is 30.1 Å². The number of carbonyl (C=O) groups excluding carboxylic acids is 2. The zero-order chi connectivity index (χ0) is 39.8. The average molecular weight is 771 g/mol. The van der Waals surface area contributed by atoms with Gasteiger partial charge in [-0.15, -0.1) is 0 Å². The molecule has 294 valence electrons. The number of nitrogens with one attached hydrogen (secondary N) is 1. The van der Waals surface area contributed by atoms with Gasteiger partial charge in [-0.05, 0) is 78.7 Å². The molecule has 2 aromatic heterocycles. The van der Waals surface area contributed by atoms with Crippen molar-refractivity contribution < 1.29 is 37.4 Å². The average Bonchev–Trinajstić information content (AvgIpc) is 3.20. The molecule has 14 heteroatoms. The van der Waals surface area contributed by atoms with Crippen LogP contribution >= 0.6 is 0 Å². The van der Waals surface area contributed by atoms with Crippen molar-refractivity contribution in [3.05, 3.63) is 101 Å². The lowest BCUT2D eigenvalue weighted by molar-refractivity contribution is -0.139. The highest BCUT2D eigenvalue weighted by atomic mass is 19.4. The number of carboxylic acids is 1. The standard InChI is InChI=1S/C42H45F3N6O5/c1-3-26-4-8-28(9-5-26)29-12-14-30(15-13-29)33-20-46-39(47-21-33)31-10-6-27(7-11-31)24-51(25-38(53)54)41(55)40-48-22-34(23-49-40)50-37(52)18-32-16-17-35(56-2)19-36(32)42(43,44)45/h6-7,10-11,14,16-17,19-23,26,28-29H,3-5,8-9,12-13,15,18,24-25H2,1-2H3,(H,50,52)(H,53,54). The van der Waals surface area contributed by atoms with E-state index in [1.807, 2.05) is 24.5 Å².